The van der Waals surface area contributed by atoms with E-state index in [9.17, 15) is 9.59 Å². The highest BCUT2D eigenvalue weighted by Gasteiger charge is 2.10. The van der Waals surface area contributed by atoms with Gasteiger partial charge in [0.2, 0.25) is 11.8 Å². The average molecular weight is 310 g/mol. The molecule has 0 aromatic heterocycles. The third-order valence-electron chi connectivity index (χ3n) is 3.57. The highest BCUT2D eigenvalue weighted by molar-refractivity contribution is 6.03. The van der Waals surface area contributed by atoms with Crippen LogP contribution in [0.25, 0.3) is 0 Å². The summed E-state index contributed by atoms with van der Waals surface area (Å²) in [4.78, 5) is 23.8. The number of carbonyl (C=O) groups excluding carboxylic acids is 2. The molecule has 0 aliphatic rings. The SMILES string of the molecule is Cc1ccc(C)c(NC(=O)CC(=O)NCCc2ccccc2)c1. The number of hydrogen-bond donors (Lipinski definition) is 2. The number of aryl methyl sites for hydroxylation is 2. The number of nitrogens with one attached hydrogen (secondary N) is 2. The lowest BCUT2D eigenvalue weighted by atomic mass is 10.1. The summed E-state index contributed by atoms with van der Waals surface area (Å²) in [6.07, 6.45) is 0.591. The smallest absolute Gasteiger partial charge is 0.233 e. The number of amides is 2. The molecule has 0 aliphatic carbocycles. The molecule has 0 saturated heterocycles. The van der Waals surface area contributed by atoms with Crippen LogP contribution in [0, 0.1) is 13.8 Å². The zero-order valence-corrected chi connectivity index (χ0v) is 13.6. The van der Waals surface area contributed by atoms with Gasteiger partial charge in [-0.05, 0) is 43.0 Å². The zero-order chi connectivity index (χ0) is 16.7. The van der Waals surface area contributed by atoms with Crippen LogP contribution >= 0.6 is 0 Å². The van der Waals surface area contributed by atoms with Crippen molar-refractivity contribution in [3.8, 4) is 0 Å². The van der Waals surface area contributed by atoms with Crippen molar-refractivity contribution in [3.05, 3.63) is 65.2 Å². The van der Waals surface area contributed by atoms with Crippen LogP contribution in [-0.4, -0.2) is 18.4 Å². The van der Waals surface area contributed by atoms with Gasteiger partial charge in [-0.15, -0.1) is 0 Å². The van der Waals surface area contributed by atoms with E-state index in [2.05, 4.69) is 10.6 Å². The van der Waals surface area contributed by atoms with E-state index in [1.54, 1.807) is 0 Å². The number of benzene rings is 2. The van der Waals surface area contributed by atoms with Crippen LogP contribution in [-0.2, 0) is 16.0 Å². The molecule has 120 valence electrons. The highest BCUT2D eigenvalue weighted by Crippen LogP contribution is 2.16. The summed E-state index contributed by atoms with van der Waals surface area (Å²) in [6, 6.07) is 15.8. The predicted molar refractivity (Wildman–Crippen MR) is 92.3 cm³/mol. The molecule has 2 aromatic rings. The van der Waals surface area contributed by atoms with Crippen molar-refractivity contribution in [3.63, 3.8) is 0 Å². The normalized spacial score (nSPS) is 10.2. The van der Waals surface area contributed by atoms with Crippen molar-refractivity contribution in [2.75, 3.05) is 11.9 Å². The minimum Gasteiger partial charge on any atom is -0.355 e. The van der Waals surface area contributed by atoms with Gasteiger partial charge in [0.15, 0.2) is 0 Å². The first-order chi connectivity index (χ1) is 11.0. The van der Waals surface area contributed by atoms with Gasteiger partial charge in [-0.25, -0.2) is 0 Å². The largest absolute Gasteiger partial charge is 0.355 e. The van der Waals surface area contributed by atoms with E-state index in [0.29, 0.717) is 6.54 Å². The van der Waals surface area contributed by atoms with Gasteiger partial charge in [-0.1, -0.05) is 42.5 Å². The Bertz CT molecular complexity index is 681. The lowest BCUT2D eigenvalue weighted by Crippen LogP contribution is -2.29. The van der Waals surface area contributed by atoms with Crippen LogP contribution in [0.1, 0.15) is 23.1 Å². The Morgan fingerprint density at radius 2 is 1.70 bits per heavy atom. The molecule has 2 aromatic carbocycles. The van der Waals surface area contributed by atoms with Gasteiger partial charge in [-0.2, -0.15) is 0 Å². The molecule has 4 nitrogen and oxygen atoms in total. The second-order valence-electron chi connectivity index (χ2n) is 5.63. The van der Waals surface area contributed by atoms with Crippen LogP contribution in [0.4, 0.5) is 5.69 Å². The van der Waals surface area contributed by atoms with Crippen LogP contribution in [0.15, 0.2) is 48.5 Å². The third-order valence-corrected chi connectivity index (χ3v) is 3.57. The molecular weight excluding hydrogens is 288 g/mol. The molecule has 0 unspecified atom stereocenters. The maximum absolute atomic E-state index is 11.9. The predicted octanol–water partition coefficient (Wildman–Crippen LogP) is 2.99. The van der Waals surface area contributed by atoms with E-state index in [1.165, 1.54) is 0 Å². The molecule has 23 heavy (non-hydrogen) atoms. The third kappa shape index (κ3) is 5.58. The Hall–Kier alpha value is -2.62. The maximum atomic E-state index is 11.9. The first-order valence-corrected chi connectivity index (χ1v) is 7.72. The fourth-order valence-electron chi connectivity index (χ4n) is 2.26. The fraction of sp³-hybridized carbons (Fsp3) is 0.263. The van der Waals surface area contributed by atoms with Crippen molar-refractivity contribution >= 4 is 17.5 Å². The highest BCUT2D eigenvalue weighted by atomic mass is 16.2. The standard InChI is InChI=1S/C19H22N2O2/c1-14-8-9-15(2)17(12-14)21-19(23)13-18(22)20-11-10-16-6-4-3-5-7-16/h3-9,12H,10-11,13H2,1-2H3,(H,20,22)(H,21,23). The van der Waals surface area contributed by atoms with Crippen LogP contribution in [0.5, 0.6) is 0 Å². The van der Waals surface area contributed by atoms with Crippen LogP contribution in [0.3, 0.4) is 0 Å². The number of carbonyl (C=O) groups is 2. The molecule has 2 amide bonds. The molecule has 2 rings (SSSR count). The van der Waals surface area contributed by atoms with E-state index in [4.69, 9.17) is 0 Å². The lowest BCUT2D eigenvalue weighted by molar-refractivity contribution is -0.126. The first kappa shape index (κ1) is 16.7. The van der Waals surface area contributed by atoms with Gasteiger partial charge in [0.1, 0.15) is 6.42 Å². The monoisotopic (exact) mass is 310 g/mol. The molecule has 0 fully saturated rings. The molecule has 0 atom stereocenters. The summed E-state index contributed by atoms with van der Waals surface area (Å²) >= 11 is 0. The second kappa shape index (κ2) is 8.13. The Balaban J connectivity index is 1.76. The molecule has 2 N–H and O–H groups in total. The summed E-state index contributed by atoms with van der Waals surface area (Å²) in [5.41, 5.74) is 3.96. The van der Waals surface area contributed by atoms with Crippen LogP contribution in [0.2, 0.25) is 0 Å². The molecule has 0 spiro atoms. The summed E-state index contributed by atoms with van der Waals surface area (Å²) in [7, 11) is 0. The summed E-state index contributed by atoms with van der Waals surface area (Å²) in [5.74, 6) is -0.556. The summed E-state index contributed by atoms with van der Waals surface area (Å²) < 4.78 is 0. The Labute approximate surface area is 136 Å². The van der Waals surface area contributed by atoms with Crippen LogP contribution < -0.4 is 10.6 Å². The minimum absolute atomic E-state index is 0.165. The van der Waals surface area contributed by atoms with Gasteiger partial charge in [0, 0.05) is 12.2 Å². The fourth-order valence-corrected chi connectivity index (χ4v) is 2.26. The van der Waals surface area contributed by atoms with Crippen molar-refractivity contribution in [1.29, 1.82) is 0 Å². The maximum Gasteiger partial charge on any atom is 0.233 e. The van der Waals surface area contributed by atoms with E-state index < -0.39 is 0 Å². The number of anilines is 1. The summed E-state index contributed by atoms with van der Waals surface area (Å²) in [5, 5.41) is 5.56. The first-order valence-electron chi connectivity index (χ1n) is 7.72. The van der Waals surface area contributed by atoms with Gasteiger partial charge in [0.25, 0.3) is 0 Å². The molecule has 0 radical (unpaired) electrons. The van der Waals surface area contributed by atoms with Gasteiger partial charge < -0.3 is 10.6 Å². The Morgan fingerprint density at radius 3 is 2.43 bits per heavy atom. The topological polar surface area (TPSA) is 58.2 Å². The number of hydrogen-bond acceptors (Lipinski definition) is 2. The van der Waals surface area contributed by atoms with E-state index >= 15 is 0 Å². The van der Waals surface area contributed by atoms with Crippen molar-refractivity contribution < 1.29 is 9.59 Å². The second-order valence-corrected chi connectivity index (χ2v) is 5.63. The molecule has 0 saturated carbocycles. The Kier molecular flexibility index (Phi) is 5.92. The average Bonchev–Trinajstić information content (AvgIpc) is 2.52. The van der Waals surface area contributed by atoms with Crippen molar-refractivity contribution in [2.24, 2.45) is 0 Å². The molecular formula is C19H22N2O2. The van der Waals surface area contributed by atoms with Gasteiger partial charge in [0.05, 0.1) is 0 Å². The zero-order valence-electron chi connectivity index (χ0n) is 13.6. The molecule has 0 bridgehead atoms. The van der Waals surface area contributed by atoms with E-state index in [-0.39, 0.29) is 18.2 Å². The van der Waals surface area contributed by atoms with E-state index in [0.717, 1.165) is 28.8 Å². The van der Waals surface area contributed by atoms with Gasteiger partial charge in [-0.3, -0.25) is 9.59 Å². The number of rotatable bonds is 6. The molecule has 0 heterocycles. The van der Waals surface area contributed by atoms with Crippen molar-refractivity contribution in [1.82, 2.24) is 5.32 Å². The quantitative estimate of drug-likeness (QED) is 0.806. The van der Waals surface area contributed by atoms with Gasteiger partial charge >= 0.3 is 0 Å². The molecule has 4 heteroatoms. The van der Waals surface area contributed by atoms with Crippen molar-refractivity contribution in [2.45, 2.75) is 26.7 Å². The Morgan fingerprint density at radius 1 is 0.957 bits per heavy atom. The minimum atomic E-state index is -0.295. The van der Waals surface area contributed by atoms with E-state index in [1.807, 2.05) is 62.4 Å². The lowest BCUT2D eigenvalue weighted by Gasteiger charge is -2.09. The molecule has 0 aliphatic heterocycles. The summed E-state index contributed by atoms with van der Waals surface area (Å²) in [6.45, 7) is 4.42.